The van der Waals surface area contributed by atoms with Crippen molar-refractivity contribution in [3.05, 3.63) is 151 Å². The van der Waals surface area contributed by atoms with Crippen LogP contribution in [0.5, 0.6) is 0 Å². The molecule has 0 unspecified atom stereocenters. The molecule has 0 saturated carbocycles. The van der Waals surface area contributed by atoms with E-state index in [2.05, 4.69) is 127 Å². The summed E-state index contributed by atoms with van der Waals surface area (Å²) >= 11 is 0. The number of benzene rings is 4. The molecule has 4 rings (SSSR count). The minimum absolute atomic E-state index is 0.528. The van der Waals surface area contributed by atoms with Crippen LogP contribution in [0.1, 0.15) is 16.7 Å². The van der Waals surface area contributed by atoms with Crippen LogP contribution < -0.4 is 10.9 Å². The van der Waals surface area contributed by atoms with E-state index in [1.807, 2.05) is 18.2 Å². The highest BCUT2D eigenvalue weighted by atomic mass is 15.4. The zero-order valence-corrected chi connectivity index (χ0v) is 16.5. The lowest BCUT2D eigenvalue weighted by atomic mass is 9.77. The van der Waals surface area contributed by atoms with E-state index in [1.165, 1.54) is 16.7 Å². The van der Waals surface area contributed by atoms with E-state index in [0.717, 1.165) is 5.69 Å². The van der Waals surface area contributed by atoms with Gasteiger partial charge in [0.1, 0.15) is 5.54 Å². The van der Waals surface area contributed by atoms with Crippen LogP contribution in [0.2, 0.25) is 0 Å². The van der Waals surface area contributed by atoms with Gasteiger partial charge in [-0.1, -0.05) is 109 Å². The molecule has 2 N–H and O–H groups in total. The van der Waals surface area contributed by atoms with E-state index >= 15 is 0 Å². The van der Waals surface area contributed by atoms with Gasteiger partial charge in [0.25, 0.3) is 0 Å². The molecule has 144 valence electrons. The zero-order chi connectivity index (χ0) is 20.4. The van der Waals surface area contributed by atoms with E-state index < -0.39 is 5.54 Å². The molecule has 0 bridgehead atoms. The molecule has 2 heteroatoms. The van der Waals surface area contributed by atoms with Crippen LogP contribution in [0.25, 0.3) is 0 Å². The predicted octanol–water partition coefficient (Wildman–Crippen LogP) is 6.40. The SMILES string of the molecule is C=C.c1ccc(NNC(c2ccccc2)(c2ccccc2)c2ccccc2)cc1. The van der Waals surface area contributed by atoms with Crippen LogP contribution in [-0.4, -0.2) is 0 Å². The lowest BCUT2D eigenvalue weighted by Gasteiger charge is -2.37. The highest BCUT2D eigenvalue weighted by Crippen LogP contribution is 2.36. The maximum atomic E-state index is 3.65. The summed E-state index contributed by atoms with van der Waals surface area (Å²) < 4.78 is 0. The standard InChI is InChI=1S/C25H22N2.C2H4/c1-5-13-21(14-6-1)25(22-15-7-2-8-16-22,23-17-9-3-10-18-23)27-26-24-19-11-4-12-20-24;1-2/h1-20,26-27H;1-2H2. The molecule has 0 aliphatic carbocycles. The predicted molar refractivity (Wildman–Crippen MR) is 124 cm³/mol. The Labute approximate surface area is 173 Å². The van der Waals surface area contributed by atoms with Crippen LogP contribution in [0.15, 0.2) is 134 Å². The largest absolute Gasteiger partial charge is 0.320 e. The average molecular weight is 379 g/mol. The first-order valence-corrected chi connectivity index (χ1v) is 9.64. The van der Waals surface area contributed by atoms with Gasteiger partial charge in [0, 0.05) is 5.69 Å². The number of rotatable bonds is 6. The number of nitrogens with one attached hydrogen (secondary N) is 2. The van der Waals surface area contributed by atoms with E-state index in [9.17, 15) is 0 Å². The highest BCUT2D eigenvalue weighted by Gasteiger charge is 2.36. The van der Waals surface area contributed by atoms with Crippen molar-refractivity contribution in [2.75, 3.05) is 5.43 Å². The lowest BCUT2D eigenvalue weighted by Crippen LogP contribution is -2.47. The maximum absolute atomic E-state index is 3.65. The first kappa shape index (κ1) is 20.1. The van der Waals surface area contributed by atoms with Crippen LogP contribution in [0, 0.1) is 0 Å². The summed E-state index contributed by atoms with van der Waals surface area (Å²) in [6.45, 7) is 6.00. The Morgan fingerprint density at radius 3 is 1.10 bits per heavy atom. The Morgan fingerprint density at radius 1 is 0.448 bits per heavy atom. The van der Waals surface area contributed by atoms with Crippen LogP contribution >= 0.6 is 0 Å². The van der Waals surface area contributed by atoms with Gasteiger partial charge in [-0.05, 0) is 28.8 Å². The average Bonchev–Trinajstić information content (AvgIpc) is 2.84. The molecule has 0 atom stereocenters. The Kier molecular flexibility index (Phi) is 6.99. The second-order valence-electron chi connectivity index (χ2n) is 6.46. The van der Waals surface area contributed by atoms with Gasteiger partial charge in [0.15, 0.2) is 0 Å². The fourth-order valence-corrected chi connectivity index (χ4v) is 3.47. The third-order valence-electron chi connectivity index (χ3n) is 4.79. The molecule has 0 aliphatic rings. The molecule has 0 aromatic heterocycles. The van der Waals surface area contributed by atoms with E-state index in [1.54, 1.807) is 0 Å². The molecule has 0 fully saturated rings. The summed E-state index contributed by atoms with van der Waals surface area (Å²) in [5, 5.41) is 0. The molecule has 4 aromatic carbocycles. The molecule has 0 spiro atoms. The molecule has 0 amide bonds. The molecule has 4 aromatic rings. The molecule has 0 heterocycles. The quantitative estimate of drug-likeness (QED) is 0.230. The second-order valence-corrected chi connectivity index (χ2v) is 6.46. The van der Waals surface area contributed by atoms with Crippen LogP contribution in [0.4, 0.5) is 5.69 Å². The van der Waals surface area contributed by atoms with Crippen molar-refractivity contribution in [3.63, 3.8) is 0 Å². The van der Waals surface area contributed by atoms with Crippen molar-refractivity contribution in [2.45, 2.75) is 5.54 Å². The van der Waals surface area contributed by atoms with Crippen molar-refractivity contribution in [1.29, 1.82) is 0 Å². The minimum atomic E-state index is -0.528. The summed E-state index contributed by atoms with van der Waals surface area (Å²) in [5.74, 6) is 0. The topological polar surface area (TPSA) is 24.1 Å². The highest BCUT2D eigenvalue weighted by molar-refractivity contribution is 5.51. The first-order valence-electron chi connectivity index (χ1n) is 9.64. The Bertz CT molecular complexity index is 871. The minimum Gasteiger partial charge on any atom is -0.320 e. The number of hydrogen-bond acceptors (Lipinski definition) is 2. The van der Waals surface area contributed by atoms with Gasteiger partial charge in [-0.2, -0.15) is 0 Å². The Hall–Kier alpha value is -3.62. The normalized spacial score (nSPS) is 10.5. The molecule has 29 heavy (non-hydrogen) atoms. The number of hydrazine groups is 1. The van der Waals surface area contributed by atoms with Crippen LogP contribution in [0.3, 0.4) is 0 Å². The molecule has 0 radical (unpaired) electrons. The van der Waals surface area contributed by atoms with Gasteiger partial charge in [-0.15, -0.1) is 13.2 Å². The molecule has 2 nitrogen and oxygen atoms in total. The van der Waals surface area contributed by atoms with Crippen molar-refractivity contribution in [3.8, 4) is 0 Å². The van der Waals surface area contributed by atoms with Crippen molar-refractivity contribution >= 4 is 5.69 Å². The van der Waals surface area contributed by atoms with E-state index in [0.29, 0.717) is 0 Å². The number of para-hydroxylation sites is 1. The van der Waals surface area contributed by atoms with Crippen LogP contribution in [-0.2, 0) is 5.54 Å². The smallest absolute Gasteiger partial charge is 0.112 e. The molecule has 0 aliphatic heterocycles. The fourth-order valence-electron chi connectivity index (χ4n) is 3.47. The van der Waals surface area contributed by atoms with Gasteiger partial charge in [0.2, 0.25) is 0 Å². The third-order valence-corrected chi connectivity index (χ3v) is 4.79. The van der Waals surface area contributed by atoms with Gasteiger partial charge < -0.3 is 5.43 Å². The molecule has 0 saturated heterocycles. The lowest BCUT2D eigenvalue weighted by molar-refractivity contribution is 0.520. The summed E-state index contributed by atoms with van der Waals surface area (Å²) in [6.07, 6.45) is 0. The summed E-state index contributed by atoms with van der Waals surface area (Å²) in [5.41, 5.74) is 11.1. The van der Waals surface area contributed by atoms with Crippen molar-refractivity contribution < 1.29 is 0 Å². The summed E-state index contributed by atoms with van der Waals surface area (Å²) in [6, 6.07) is 41.8. The Morgan fingerprint density at radius 2 is 0.759 bits per heavy atom. The Balaban J connectivity index is 0.00000117. The zero-order valence-electron chi connectivity index (χ0n) is 16.5. The van der Waals surface area contributed by atoms with Gasteiger partial charge >= 0.3 is 0 Å². The third kappa shape index (κ3) is 4.45. The summed E-state index contributed by atoms with van der Waals surface area (Å²) in [7, 11) is 0. The summed E-state index contributed by atoms with van der Waals surface area (Å²) in [4.78, 5) is 0. The molecular weight excluding hydrogens is 352 g/mol. The van der Waals surface area contributed by atoms with Crippen molar-refractivity contribution in [2.24, 2.45) is 0 Å². The molecular formula is C27H26N2. The fraction of sp³-hybridized carbons (Fsp3) is 0.0370. The number of hydrogen-bond donors (Lipinski definition) is 2. The van der Waals surface area contributed by atoms with E-state index in [-0.39, 0.29) is 0 Å². The van der Waals surface area contributed by atoms with Gasteiger partial charge in [-0.3, -0.25) is 0 Å². The van der Waals surface area contributed by atoms with E-state index in [4.69, 9.17) is 0 Å². The van der Waals surface area contributed by atoms with Crippen molar-refractivity contribution in [1.82, 2.24) is 5.43 Å². The van der Waals surface area contributed by atoms with Gasteiger partial charge in [0.05, 0.1) is 0 Å². The maximum Gasteiger partial charge on any atom is 0.112 e. The first-order chi connectivity index (χ1) is 14.4. The second kappa shape index (κ2) is 10.1. The monoisotopic (exact) mass is 378 g/mol. The van der Waals surface area contributed by atoms with Gasteiger partial charge in [-0.25, -0.2) is 5.43 Å². The number of anilines is 1.